The number of hydrogen-bond donors (Lipinski definition) is 0. The normalized spacial score (nSPS) is 12.0. The van der Waals surface area contributed by atoms with Crippen LogP contribution < -0.4 is 0 Å². The Bertz CT molecular complexity index is 853. The maximum absolute atomic E-state index is 12.4. The van der Waals surface area contributed by atoms with Gasteiger partial charge in [0.05, 0.1) is 13.2 Å². The van der Waals surface area contributed by atoms with Gasteiger partial charge < -0.3 is 14.2 Å². The summed E-state index contributed by atoms with van der Waals surface area (Å²) >= 11 is 0. The fourth-order valence-electron chi connectivity index (χ4n) is 5.69. The van der Waals surface area contributed by atoms with Crippen LogP contribution >= 0.6 is 0 Å². The molecule has 0 aromatic carbocycles. The minimum absolute atomic E-state index is 0.0235. The lowest BCUT2D eigenvalue weighted by Gasteiger charge is -2.19. The molecule has 0 N–H and O–H groups in total. The molecule has 0 heterocycles. The first-order chi connectivity index (χ1) is 24.3. The van der Waals surface area contributed by atoms with E-state index in [0.717, 1.165) is 89.9 Å². The molecule has 0 spiro atoms. The van der Waals surface area contributed by atoms with Crippen molar-refractivity contribution in [1.29, 1.82) is 0 Å². The van der Waals surface area contributed by atoms with Crippen molar-refractivity contribution in [3.63, 3.8) is 0 Å². The van der Waals surface area contributed by atoms with Gasteiger partial charge in [0.2, 0.25) is 0 Å². The van der Waals surface area contributed by atoms with Gasteiger partial charge in [0.1, 0.15) is 6.10 Å². The van der Waals surface area contributed by atoms with E-state index in [1.807, 2.05) is 0 Å². The summed E-state index contributed by atoms with van der Waals surface area (Å²) in [6.45, 7) is 8.13. The molecule has 288 valence electrons. The van der Waals surface area contributed by atoms with Gasteiger partial charge in [-0.25, -0.2) is 0 Å². The Morgan fingerprint density at radius 3 is 1.16 bits per heavy atom. The number of rotatable bonds is 35. The van der Waals surface area contributed by atoms with E-state index in [0.29, 0.717) is 25.6 Å². The molecule has 0 aromatic heterocycles. The SMILES string of the molecule is CC(=O)OCCCC/C=C\C/C=C\CCCCCCCCC(CCCCCCCC/C=C\C/C=C\CCCCOC(C)=O)OC(=O)CC(C)C. The molecule has 0 rings (SSSR count). The summed E-state index contributed by atoms with van der Waals surface area (Å²) in [4.78, 5) is 33.9. The Morgan fingerprint density at radius 2 is 0.800 bits per heavy atom. The molecular weight excluding hydrogens is 624 g/mol. The van der Waals surface area contributed by atoms with E-state index in [2.05, 4.69) is 62.5 Å². The third-order valence-corrected chi connectivity index (χ3v) is 8.52. The number of allylic oxidation sites excluding steroid dienone is 8. The molecule has 0 saturated carbocycles. The lowest BCUT2D eigenvalue weighted by atomic mass is 10.0. The molecule has 0 radical (unpaired) electrons. The molecule has 0 aromatic rings. The standard InChI is InChI=1S/C44H76O6/c1-40(2)39-44(47)50-43(35-31-27-23-19-15-11-7-5-9-13-17-21-25-29-33-37-48-41(3)45)36-32-28-24-20-16-12-8-6-10-14-18-22-26-30-34-38-49-42(4)46/h5-6,9-10,17-18,21-22,40,43H,7-8,11-16,19-20,23-39H2,1-4H3/b9-5-,10-6-,21-17-,22-18-. The fraction of sp³-hybridized carbons (Fsp3) is 0.750. The van der Waals surface area contributed by atoms with Crippen LogP contribution in [0.3, 0.4) is 0 Å². The molecule has 0 atom stereocenters. The van der Waals surface area contributed by atoms with Crippen molar-refractivity contribution in [3.8, 4) is 0 Å². The number of hydrogen-bond acceptors (Lipinski definition) is 6. The highest BCUT2D eigenvalue weighted by molar-refractivity contribution is 5.69. The van der Waals surface area contributed by atoms with Crippen LogP contribution in [-0.2, 0) is 28.6 Å². The second-order valence-electron chi connectivity index (χ2n) is 14.1. The Kier molecular flexibility index (Phi) is 35.6. The van der Waals surface area contributed by atoms with Gasteiger partial charge in [-0.15, -0.1) is 0 Å². The number of unbranched alkanes of at least 4 members (excludes halogenated alkanes) is 16. The van der Waals surface area contributed by atoms with E-state index in [1.165, 1.54) is 78.1 Å². The largest absolute Gasteiger partial charge is 0.466 e. The predicted octanol–water partition coefficient (Wildman–Crippen LogP) is 12.7. The van der Waals surface area contributed by atoms with E-state index in [1.54, 1.807) is 0 Å². The summed E-state index contributed by atoms with van der Waals surface area (Å²) in [5.41, 5.74) is 0. The first-order valence-electron chi connectivity index (χ1n) is 20.4. The van der Waals surface area contributed by atoms with Crippen molar-refractivity contribution in [2.45, 2.75) is 194 Å². The number of esters is 3. The van der Waals surface area contributed by atoms with Crippen LogP contribution in [0.1, 0.15) is 188 Å². The van der Waals surface area contributed by atoms with Crippen LogP contribution in [0.2, 0.25) is 0 Å². The third kappa shape index (κ3) is 39.8. The molecule has 0 amide bonds. The van der Waals surface area contributed by atoms with Crippen molar-refractivity contribution in [2.75, 3.05) is 13.2 Å². The summed E-state index contributed by atoms with van der Waals surface area (Å²) in [7, 11) is 0. The Morgan fingerprint density at radius 1 is 0.460 bits per heavy atom. The predicted molar refractivity (Wildman–Crippen MR) is 210 cm³/mol. The molecule has 0 aliphatic rings. The maximum atomic E-state index is 12.4. The third-order valence-electron chi connectivity index (χ3n) is 8.52. The van der Waals surface area contributed by atoms with Gasteiger partial charge >= 0.3 is 17.9 Å². The van der Waals surface area contributed by atoms with Gasteiger partial charge in [-0.2, -0.15) is 0 Å². The van der Waals surface area contributed by atoms with Crippen LogP contribution in [0.25, 0.3) is 0 Å². The number of carbonyl (C=O) groups excluding carboxylic acids is 3. The van der Waals surface area contributed by atoms with Crippen molar-refractivity contribution >= 4 is 17.9 Å². The van der Waals surface area contributed by atoms with Gasteiger partial charge in [0, 0.05) is 20.3 Å². The Hall–Kier alpha value is -2.63. The quantitative estimate of drug-likeness (QED) is 0.0283. The topological polar surface area (TPSA) is 78.9 Å². The van der Waals surface area contributed by atoms with Crippen molar-refractivity contribution in [1.82, 2.24) is 0 Å². The van der Waals surface area contributed by atoms with Crippen LogP contribution in [0.15, 0.2) is 48.6 Å². The van der Waals surface area contributed by atoms with Gasteiger partial charge in [0.25, 0.3) is 0 Å². The molecule has 0 unspecified atom stereocenters. The highest BCUT2D eigenvalue weighted by atomic mass is 16.5. The lowest BCUT2D eigenvalue weighted by molar-refractivity contribution is -0.150. The van der Waals surface area contributed by atoms with Crippen molar-refractivity contribution in [3.05, 3.63) is 48.6 Å². The number of carbonyl (C=O) groups is 3. The molecule has 0 saturated heterocycles. The van der Waals surface area contributed by atoms with Gasteiger partial charge in [-0.05, 0) is 109 Å². The summed E-state index contributed by atoms with van der Waals surface area (Å²) in [5.74, 6) is -0.0732. The summed E-state index contributed by atoms with van der Waals surface area (Å²) in [5, 5.41) is 0. The molecule has 0 fully saturated rings. The van der Waals surface area contributed by atoms with E-state index in [9.17, 15) is 14.4 Å². The van der Waals surface area contributed by atoms with Crippen LogP contribution in [0.5, 0.6) is 0 Å². The average molecular weight is 701 g/mol. The summed E-state index contributed by atoms with van der Waals surface area (Å²) < 4.78 is 15.8. The van der Waals surface area contributed by atoms with E-state index in [4.69, 9.17) is 14.2 Å². The lowest BCUT2D eigenvalue weighted by Crippen LogP contribution is -2.19. The zero-order valence-electron chi connectivity index (χ0n) is 32.8. The monoisotopic (exact) mass is 701 g/mol. The minimum atomic E-state index is -0.195. The molecule has 6 heteroatoms. The highest BCUT2D eigenvalue weighted by Gasteiger charge is 2.15. The van der Waals surface area contributed by atoms with Crippen molar-refractivity contribution < 1.29 is 28.6 Å². The van der Waals surface area contributed by atoms with Gasteiger partial charge in [0.15, 0.2) is 0 Å². The van der Waals surface area contributed by atoms with Crippen LogP contribution in [0.4, 0.5) is 0 Å². The number of ether oxygens (including phenoxy) is 3. The first kappa shape index (κ1) is 47.4. The van der Waals surface area contributed by atoms with Gasteiger partial charge in [-0.1, -0.05) is 114 Å². The molecule has 6 nitrogen and oxygen atoms in total. The van der Waals surface area contributed by atoms with Crippen molar-refractivity contribution in [2.24, 2.45) is 5.92 Å². The fourth-order valence-corrected chi connectivity index (χ4v) is 5.69. The molecule has 0 aliphatic heterocycles. The summed E-state index contributed by atoms with van der Waals surface area (Å²) in [6.07, 6.45) is 45.9. The Balaban J connectivity index is 3.87. The van der Waals surface area contributed by atoms with Crippen LogP contribution in [-0.4, -0.2) is 37.2 Å². The molecule has 0 bridgehead atoms. The first-order valence-corrected chi connectivity index (χ1v) is 20.4. The zero-order valence-corrected chi connectivity index (χ0v) is 32.8. The smallest absolute Gasteiger partial charge is 0.306 e. The molecular formula is C44H76O6. The minimum Gasteiger partial charge on any atom is -0.466 e. The van der Waals surface area contributed by atoms with E-state index < -0.39 is 0 Å². The average Bonchev–Trinajstić information content (AvgIpc) is 3.06. The van der Waals surface area contributed by atoms with E-state index >= 15 is 0 Å². The van der Waals surface area contributed by atoms with Crippen LogP contribution in [0, 0.1) is 5.92 Å². The van der Waals surface area contributed by atoms with Gasteiger partial charge in [-0.3, -0.25) is 14.4 Å². The second kappa shape index (κ2) is 37.6. The second-order valence-corrected chi connectivity index (χ2v) is 14.1. The summed E-state index contributed by atoms with van der Waals surface area (Å²) in [6, 6.07) is 0. The van der Waals surface area contributed by atoms with E-state index in [-0.39, 0.29) is 24.0 Å². The highest BCUT2D eigenvalue weighted by Crippen LogP contribution is 2.19. The maximum Gasteiger partial charge on any atom is 0.306 e. The zero-order chi connectivity index (χ0) is 36.8. The Labute approximate surface area is 307 Å². The molecule has 50 heavy (non-hydrogen) atoms. The molecule has 0 aliphatic carbocycles.